The van der Waals surface area contributed by atoms with Gasteiger partial charge in [-0.3, -0.25) is 9.52 Å². The molecule has 1 amide bonds. The fraction of sp³-hybridized carbons (Fsp3) is 0.194. The van der Waals surface area contributed by atoms with Crippen LogP contribution in [0.5, 0.6) is 0 Å². The molecule has 194 valence electrons. The second-order valence-corrected chi connectivity index (χ2v) is 11.2. The van der Waals surface area contributed by atoms with E-state index < -0.39 is 10.0 Å². The Hall–Kier alpha value is -4.10. The summed E-state index contributed by atoms with van der Waals surface area (Å²) in [5, 5.41) is 0. The first-order valence-electron chi connectivity index (χ1n) is 12.7. The molecule has 0 unspecified atom stereocenters. The number of sulfonamides is 1. The van der Waals surface area contributed by atoms with E-state index in [2.05, 4.69) is 21.8 Å². The largest absolute Gasteiger partial charge is 0.368 e. The molecule has 1 fully saturated rings. The highest BCUT2D eigenvalue weighted by Crippen LogP contribution is 2.24. The Labute approximate surface area is 224 Å². The van der Waals surface area contributed by atoms with Gasteiger partial charge in [-0.05, 0) is 66.9 Å². The van der Waals surface area contributed by atoms with Gasteiger partial charge < -0.3 is 9.80 Å². The van der Waals surface area contributed by atoms with Crippen molar-refractivity contribution in [3.63, 3.8) is 0 Å². The van der Waals surface area contributed by atoms with Gasteiger partial charge in [-0.25, -0.2) is 8.42 Å². The molecule has 0 bridgehead atoms. The van der Waals surface area contributed by atoms with Crippen LogP contribution in [0, 0.1) is 6.92 Å². The number of amides is 1. The van der Waals surface area contributed by atoms with Gasteiger partial charge in [-0.1, -0.05) is 66.2 Å². The van der Waals surface area contributed by atoms with Gasteiger partial charge in [0.25, 0.3) is 15.9 Å². The predicted octanol–water partition coefficient (Wildman–Crippen LogP) is 5.35. The summed E-state index contributed by atoms with van der Waals surface area (Å²) in [6.07, 6.45) is 0.518. The standard InChI is InChI=1S/C31H31N3O3S/c1-24-12-17-30(27(22-24)23-25-8-4-2-5-9-25)38(36,37)32-28-15-13-26(14-16-28)31(35)34-20-18-33(19-21-34)29-10-6-3-7-11-29/h2-17,22,32H,18-21,23H2,1H3. The third kappa shape index (κ3) is 5.89. The number of rotatable bonds is 7. The highest BCUT2D eigenvalue weighted by Gasteiger charge is 2.23. The smallest absolute Gasteiger partial charge is 0.262 e. The van der Waals surface area contributed by atoms with E-state index in [1.54, 1.807) is 30.3 Å². The molecule has 5 rings (SSSR count). The van der Waals surface area contributed by atoms with Crippen LogP contribution in [0.3, 0.4) is 0 Å². The zero-order valence-corrected chi connectivity index (χ0v) is 22.2. The molecule has 4 aromatic carbocycles. The van der Waals surface area contributed by atoms with Gasteiger partial charge in [0.15, 0.2) is 0 Å². The van der Waals surface area contributed by atoms with Crippen molar-refractivity contribution in [2.45, 2.75) is 18.2 Å². The summed E-state index contributed by atoms with van der Waals surface area (Å²) >= 11 is 0. The van der Waals surface area contributed by atoms with E-state index in [1.807, 2.05) is 72.5 Å². The summed E-state index contributed by atoms with van der Waals surface area (Å²) in [5.74, 6) is -0.0456. The van der Waals surface area contributed by atoms with Gasteiger partial charge in [-0.15, -0.1) is 0 Å². The normalized spacial score (nSPS) is 13.8. The zero-order chi connectivity index (χ0) is 26.5. The Morgan fingerprint density at radius 3 is 2.08 bits per heavy atom. The maximum atomic E-state index is 13.3. The molecule has 4 aromatic rings. The van der Waals surface area contributed by atoms with Gasteiger partial charge in [0.1, 0.15) is 0 Å². The third-order valence-corrected chi connectivity index (χ3v) is 8.30. The number of nitrogens with one attached hydrogen (secondary N) is 1. The number of para-hydroxylation sites is 1. The number of carbonyl (C=O) groups excluding carboxylic acids is 1. The van der Waals surface area contributed by atoms with Gasteiger partial charge >= 0.3 is 0 Å². The third-order valence-electron chi connectivity index (χ3n) is 6.82. The molecule has 1 aliphatic heterocycles. The van der Waals surface area contributed by atoms with Crippen LogP contribution >= 0.6 is 0 Å². The predicted molar refractivity (Wildman–Crippen MR) is 152 cm³/mol. The highest BCUT2D eigenvalue weighted by atomic mass is 32.2. The van der Waals surface area contributed by atoms with Crippen molar-refractivity contribution in [2.75, 3.05) is 35.8 Å². The number of aryl methyl sites for hydroxylation is 1. The van der Waals surface area contributed by atoms with E-state index in [4.69, 9.17) is 0 Å². The summed E-state index contributed by atoms with van der Waals surface area (Å²) in [4.78, 5) is 17.5. The number of benzene rings is 4. The number of hydrogen-bond donors (Lipinski definition) is 1. The minimum Gasteiger partial charge on any atom is -0.368 e. The fourth-order valence-corrected chi connectivity index (χ4v) is 6.08. The first kappa shape index (κ1) is 25.5. The highest BCUT2D eigenvalue weighted by molar-refractivity contribution is 7.92. The molecule has 1 aliphatic rings. The summed E-state index contributed by atoms with van der Waals surface area (Å²) in [6.45, 7) is 4.78. The Balaban J connectivity index is 1.26. The minimum atomic E-state index is -3.82. The van der Waals surface area contributed by atoms with Crippen LogP contribution in [0.1, 0.15) is 27.0 Å². The Kier molecular flexibility index (Phi) is 7.47. The lowest BCUT2D eigenvalue weighted by molar-refractivity contribution is 0.0747. The molecule has 0 atom stereocenters. The quantitative estimate of drug-likeness (QED) is 0.353. The van der Waals surface area contributed by atoms with Crippen molar-refractivity contribution in [3.05, 3.63) is 125 Å². The number of nitrogens with zero attached hydrogens (tertiary/aromatic N) is 2. The molecular formula is C31H31N3O3S. The lowest BCUT2D eigenvalue weighted by atomic mass is 10.0. The van der Waals surface area contributed by atoms with Crippen LogP contribution in [0.4, 0.5) is 11.4 Å². The van der Waals surface area contributed by atoms with Crippen molar-refractivity contribution < 1.29 is 13.2 Å². The van der Waals surface area contributed by atoms with E-state index in [0.717, 1.165) is 35.5 Å². The van der Waals surface area contributed by atoms with Crippen molar-refractivity contribution >= 4 is 27.3 Å². The maximum absolute atomic E-state index is 13.3. The number of anilines is 2. The number of hydrogen-bond acceptors (Lipinski definition) is 4. The fourth-order valence-electron chi connectivity index (χ4n) is 4.80. The van der Waals surface area contributed by atoms with Crippen LogP contribution in [0.15, 0.2) is 108 Å². The molecule has 0 saturated carbocycles. The molecular weight excluding hydrogens is 494 g/mol. The number of piperazine rings is 1. The zero-order valence-electron chi connectivity index (χ0n) is 21.4. The molecule has 0 spiro atoms. The average molecular weight is 526 g/mol. The molecule has 0 aliphatic carbocycles. The summed E-state index contributed by atoms with van der Waals surface area (Å²) in [5.41, 5.74) is 4.91. The van der Waals surface area contributed by atoms with Crippen molar-refractivity contribution in [1.29, 1.82) is 0 Å². The van der Waals surface area contributed by atoms with E-state index in [-0.39, 0.29) is 10.8 Å². The van der Waals surface area contributed by atoms with E-state index in [1.165, 1.54) is 0 Å². The van der Waals surface area contributed by atoms with Gasteiger partial charge in [0.05, 0.1) is 4.90 Å². The Morgan fingerprint density at radius 2 is 1.42 bits per heavy atom. The van der Waals surface area contributed by atoms with Crippen molar-refractivity contribution in [3.8, 4) is 0 Å². The SMILES string of the molecule is Cc1ccc(S(=O)(=O)Nc2ccc(C(=O)N3CCN(c4ccccc4)CC3)cc2)c(Cc2ccccc2)c1. The molecule has 1 saturated heterocycles. The van der Waals surface area contributed by atoms with Crippen LogP contribution in [0.25, 0.3) is 0 Å². The van der Waals surface area contributed by atoms with E-state index >= 15 is 0 Å². The average Bonchev–Trinajstić information content (AvgIpc) is 2.94. The monoisotopic (exact) mass is 525 g/mol. The Bertz CT molecular complexity index is 1500. The summed E-state index contributed by atoms with van der Waals surface area (Å²) in [7, 11) is -3.82. The minimum absolute atomic E-state index is 0.0456. The number of carbonyl (C=O) groups is 1. The first-order valence-corrected chi connectivity index (χ1v) is 14.2. The first-order chi connectivity index (χ1) is 18.4. The molecule has 1 N–H and O–H groups in total. The second-order valence-electron chi connectivity index (χ2n) is 9.57. The molecule has 0 radical (unpaired) electrons. The van der Waals surface area contributed by atoms with Crippen LogP contribution in [-0.2, 0) is 16.4 Å². The van der Waals surface area contributed by atoms with Crippen LogP contribution < -0.4 is 9.62 Å². The van der Waals surface area contributed by atoms with Crippen LogP contribution in [-0.4, -0.2) is 45.4 Å². The van der Waals surface area contributed by atoms with Gasteiger partial charge in [0.2, 0.25) is 0 Å². The molecule has 38 heavy (non-hydrogen) atoms. The molecule has 1 heterocycles. The summed E-state index contributed by atoms with van der Waals surface area (Å²) in [6, 6.07) is 32.1. The molecule has 7 heteroatoms. The van der Waals surface area contributed by atoms with Gasteiger partial charge in [-0.2, -0.15) is 0 Å². The lowest BCUT2D eigenvalue weighted by Gasteiger charge is -2.36. The topological polar surface area (TPSA) is 69.7 Å². The Morgan fingerprint density at radius 1 is 0.789 bits per heavy atom. The van der Waals surface area contributed by atoms with Gasteiger partial charge in [0, 0.05) is 43.1 Å². The van der Waals surface area contributed by atoms with Crippen molar-refractivity contribution in [1.82, 2.24) is 4.90 Å². The second kappa shape index (κ2) is 11.1. The molecule has 0 aromatic heterocycles. The van der Waals surface area contributed by atoms with Crippen LogP contribution in [0.2, 0.25) is 0 Å². The maximum Gasteiger partial charge on any atom is 0.262 e. The summed E-state index contributed by atoms with van der Waals surface area (Å²) < 4.78 is 29.4. The van der Waals surface area contributed by atoms with E-state index in [0.29, 0.717) is 30.8 Å². The van der Waals surface area contributed by atoms with E-state index in [9.17, 15) is 13.2 Å². The molecule has 6 nitrogen and oxygen atoms in total. The lowest BCUT2D eigenvalue weighted by Crippen LogP contribution is -2.48. The van der Waals surface area contributed by atoms with Crippen molar-refractivity contribution in [2.24, 2.45) is 0 Å².